The van der Waals surface area contributed by atoms with Gasteiger partial charge in [-0.3, -0.25) is 4.90 Å². The summed E-state index contributed by atoms with van der Waals surface area (Å²) in [7, 11) is 0. The molecule has 1 aromatic rings. The van der Waals surface area contributed by atoms with Gasteiger partial charge in [-0.15, -0.1) is 0 Å². The van der Waals surface area contributed by atoms with Crippen LogP contribution in [0.15, 0.2) is 30.3 Å². The Morgan fingerprint density at radius 1 is 1.24 bits per heavy atom. The molecule has 3 aliphatic heterocycles. The Bertz CT molecular complexity index is 586. The number of ether oxygens (including phenoxy) is 1. The van der Waals surface area contributed by atoms with Gasteiger partial charge in [0.05, 0.1) is 6.61 Å². The first-order valence-electron chi connectivity index (χ1n) is 9.62. The Balaban J connectivity index is 1.28. The maximum atomic E-state index is 12.7. The van der Waals surface area contributed by atoms with Crippen molar-refractivity contribution in [3.05, 3.63) is 35.9 Å². The maximum absolute atomic E-state index is 12.7. The third-order valence-electron chi connectivity index (χ3n) is 5.99. The SMILES string of the molecule is O=C(NC1CCCN(Cc2ccccc2)C1)N1CCC2(CCOC2)C1. The lowest BCUT2D eigenvalue weighted by Gasteiger charge is -2.34. The third kappa shape index (κ3) is 3.98. The number of piperidine rings is 1. The van der Waals surface area contributed by atoms with Gasteiger partial charge in [-0.2, -0.15) is 0 Å². The molecule has 1 N–H and O–H groups in total. The average molecular weight is 343 g/mol. The molecule has 1 aromatic carbocycles. The van der Waals surface area contributed by atoms with Gasteiger partial charge in [0.2, 0.25) is 0 Å². The molecule has 25 heavy (non-hydrogen) atoms. The van der Waals surface area contributed by atoms with E-state index < -0.39 is 0 Å². The van der Waals surface area contributed by atoms with Crippen LogP contribution >= 0.6 is 0 Å². The van der Waals surface area contributed by atoms with E-state index in [-0.39, 0.29) is 17.5 Å². The third-order valence-corrected chi connectivity index (χ3v) is 5.99. The zero-order valence-electron chi connectivity index (χ0n) is 15.0. The highest BCUT2D eigenvalue weighted by molar-refractivity contribution is 5.75. The molecule has 3 fully saturated rings. The van der Waals surface area contributed by atoms with Crippen molar-refractivity contribution in [3.63, 3.8) is 0 Å². The highest BCUT2D eigenvalue weighted by Gasteiger charge is 2.43. The number of carbonyl (C=O) groups is 1. The van der Waals surface area contributed by atoms with E-state index in [0.717, 1.165) is 71.6 Å². The molecule has 1 spiro atoms. The Hall–Kier alpha value is -1.59. The lowest BCUT2D eigenvalue weighted by molar-refractivity contribution is 0.148. The second-order valence-electron chi connectivity index (χ2n) is 7.98. The molecule has 0 saturated carbocycles. The van der Waals surface area contributed by atoms with Crippen LogP contribution in [0.4, 0.5) is 4.79 Å². The minimum atomic E-state index is 0.121. The quantitative estimate of drug-likeness (QED) is 0.917. The van der Waals surface area contributed by atoms with Gasteiger partial charge in [-0.1, -0.05) is 30.3 Å². The van der Waals surface area contributed by atoms with E-state index >= 15 is 0 Å². The van der Waals surface area contributed by atoms with Crippen molar-refractivity contribution >= 4 is 6.03 Å². The summed E-state index contributed by atoms with van der Waals surface area (Å²) in [6.45, 7) is 6.44. The van der Waals surface area contributed by atoms with Crippen LogP contribution in [0.25, 0.3) is 0 Å². The lowest BCUT2D eigenvalue weighted by atomic mass is 9.87. The summed E-state index contributed by atoms with van der Waals surface area (Å²) < 4.78 is 5.57. The van der Waals surface area contributed by atoms with Crippen molar-refractivity contribution in [3.8, 4) is 0 Å². The Morgan fingerprint density at radius 2 is 2.12 bits per heavy atom. The Kier molecular flexibility index (Phi) is 4.95. The minimum absolute atomic E-state index is 0.121. The summed E-state index contributed by atoms with van der Waals surface area (Å²) in [6.07, 6.45) is 4.42. The molecule has 3 saturated heterocycles. The molecule has 4 rings (SSSR count). The van der Waals surface area contributed by atoms with Crippen LogP contribution in [0.3, 0.4) is 0 Å². The number of hydrogen-bond acceptors (Lipinski definition) is 3. The zero-order valence-corrected chi connectivity index (χ0v) is 15.0. The molecule has 0 aromatic heterocycles. The van der Waals surface area contributed by atoms with Crippen LogP contribution in [-0.4, -0.2) is 61.3 Å². The van der Waals surface area contributed by atoms with Gasteiger partial charge in [0.15, 0.2) is 0 Å². The largest absolute Gasteiger partial charge is 0.381 e. The zero-order chi connectivity index (χ0) is 17.1. The molecule has 0 radical (unpaired) electrons. The second kappa shape index (κ2) is 7.34. The summed E-state index contributed by atoms with van der Waals surface area (Å²) in [5.74, 6) is 0. The van der Waals surface area contributed by atoms with Gasteiger partial charge in [-0.05, 0) is 37.8 Å². The highest BCUT2D eigenvalue weighted by Crippen LogP contribution is 2.38. The van der Waals surface area contributed by atoms with Gasteiger partial charge in [0, 0.05) is 44.2 Å². The van der Waals surface area contributed by atoms with E-state index in [1.165, 1.54) is 5.56 Å². The average Bonchev–Trinajstić information content (AvgIpc) is 3.26. The summed E-state index contributed by atoms with van der Waals surface area (Å²) >= 11 is 0. The highest BCUT2D eigenvalue weighted by atomic mass is 16.5. The number of nitrogens with one attached hydrogen (secondary N) is 1. The second-order valence-corrected chi connectivity index (χ2v) is 7.98. The van der Waals surface area contributed by atoms with E-state index in [0.29, 0.717) is 0 Å². The number of likely N-dealkylation sites (tertiary alicyclic amines) is 2. The maximum Gasteiger partial charge on any atom is 0.317 e. The summed E-state index contributed by atoms with van der Waals surface area (Å²) in [4.78, 5) is 17.1. The van der Waals surface area contributed by atoms with Gasteiger partial charge in [-0.25, -0.2) is 4.79 Å². The first kappa shape index (κ1) is 16.9. The Labute approximate surface area is 150 Å². The summed E-state index contributed by atoms with van der Waals surface area (Å²) in [6, 6.07) is 11.0. The lowest BCUT2D eigenvalue weighted by Crippen LogP contribution is -2.51. The molecule has 2 atom stereocenters. The van der Waals surface area contributed by atoms with Crippen molar-refractivity contribution in [2.45, 2.75) is 38.3 Å². The van der Waals surface area contributed by atoms with Gasteiger partial charge >= 0.3 is 6.03 Å². The number of rotatable bonds is 3. The minimum Gasteiger partial charge on any atom is -0.381 e. The predicted octanol–water partition coefficient (Wildman–Crippen LogP) is 2.47. The molecule has 2 amide bonds. The molecular weight excluding hydrogens is 314 g/mol. The molecule has 5 nitrogen and oxygen atoms in total. The molecule has 0 aliphatic carbocycles. The normalized spacial score (nSPS) is 30.1. The van der Waals surface area contributed by atoms with Crippen molar-refractivity contribution in [2.75, 3.05) is 39.4 Å². The number of amides is 2. The van der Waals surface area contributed by atoms with Gasteiger partial charge < -0.3 is 15.0 Å². The van der Waals surface area contributed by atoms with E-state index in [4.69, 9.17) is 4.74 Å². The summed E-state index contributed by atoms with van der Waals surface area (Å²) in [5.41, 5.74) is 1.58. The Morgan fingerprint density at radius 3 is 2.92 bits per heavy atom. The van der Waals surface area contributed by atoms with E-state index in [2.05, 4.69) is 40.5 Å². The van der Waals surface area contributed by atoms with Crippen LogP contribution in [0.1, 0.15) is 31.2 Å². The van der Waals surface area contributed by atoms with Crippen LogP contribution < -0.4 is 5.32 Å². The molecule has 3 heterocycles. The predicted molar refractivity (Wildman–Crippen MR) is 97.3 cm³/mol. The monoisotopic (exact) mass is 343 g/mol. The van der Waals surface area contributed by atoms with Crippen molar-refractivity contribution in [2.24, 2.45) is 5.41 Å². The molecular formula is C20H29N3O2. The number of urea groups is 1. The fourth-order valence-electron chi connectivity index (χ4n) is 4.50. The fraction of sp³-hybridized carbons (Fsp3) is 0.650. The molecule has 0 bridgehead atoms. The number of carbonyl (C=O) groups excluding carboxylic acids is 1. The van der Waals surface area contributed by atoms with E-state index in [1.54, 1.807) is 0 Å². The molecule has 2 unspecified atom stereocenters. The van der Waals surface area contributed by atoms with Crippen LogP contribution in [0.5, 0.6) is 0 Å². The smallest absolute Gasteiger partial charge is 0.317 e. The van der Waals surface area contributed by atoms with Crippen LogP contribution in [-0.2, 0) is 11.3 Å². The number of nitrogens with zero attached hydrogens (tertiary/aromatic N) is 2. The van der Waals surface area contributed by atoms with Gasteiger partial charge in [0.1, 0.15) is 0 Å². The van der Waals surface area contributed by atoms with Gasteiger partial charge in [0.25, 0.3) is 0 Å². The first-order chi connectivity index (χ1) is 12.2. The van der Waals surface area contributed by atoms with Crippen LogP contribution in [0, 0.1) is 5.41 Å². The van der Waals surface area contributed by atoms with Crippen LogP contribution in [0.2, 0.25) is 0 Å². The standard InChI is InChI=1S/C20H29N3O2/c24-19(23-11-8-20(15-23)9-12-25-16-20)21-18-7-4-10-22(14-18)13-17-5-2-1-3-6-17/h1-3,5-6,18H,4,7-16H2,(H,21,24). The summed E-state index contributed by atoms with van der Waals surface area (Å²) in [5, 5.41) is 3.29. The van der Waals surface area contributed by atoms with E-state index in [9.17, 15) is 4.79 Å². The molecule has 136 valence electrons. The van der Waals surface area contributed by atoms with E-state index in [1.807, 2.05) is 4.90 Å². The van der Waals surface area contributed by atoms with Crippen molar-refractivity contribution < 1.29 is 9.53 Å². The van der Waals surface area contributed by atoms with Crippen molar-refractivity contribution in [1.29, 1.82) is 0 Å². The number of hydrogen-bond donors (Lipinski definition) is 1. The first-order valence-corrected chi connectivity index (χ1v) is 9.62. The molecule has 3 aliphatic rings. The molecule has 5 heteroatoms. The van der Waals surface area contributed by atoms with Crippen molar-refractivity contribution in [1.82, 2.24) is 15.1 Å². The number of benzene rings is 1. The fourth-order valence-corrected chi connectivity index (χ4v) is 4.50. The topological polar surface area (TPSA) is 44.8 Å².